The van der Waals surface area contributed by atoms with Crippen molar-refractivity contribution in [2.75, 3.05) is 13.7 Å². The number of halogens is 2. The molecule has 0 aliphatic carbocycles. The maximum atomic E-state index is 12.1. The summed E-state index contributed by atoms with van der Waals surface area (Å²) in [7, 11) is 1.53. The van der Waals surface area contributed by atoms with Crippen molar-refractivity contribution in [2.45, 2.75) is 26.1 Å². The number of aliphatic hydroxyl groups is 1. The zero-order valence-electron chi connectivity index (χ0n) is 16.0. The van der Waals surface area contributed by atoms with Gasteiger partial charge in [0, 0.05) is 6.42 Å². The Morgan fingerprint density at radius 3 is 2.62 bits per heavy atom. The summed E-state index contributed by atoms with van der Waals surface area (Å²) in [5.41, 5.74) is 3.24. The average Bonchev–Trinajstić information content (AvgIpc) is 2.73. The maximum Gasteiger partial charge on any atom is 0.276 e. The Balaban J connectivity index is 1.90. The first-order chi connectivity index (χ1) is 14.0. The van der Waals surface area contributed by atoms with E-state index in [1.165, 1.54) is 25.3 Å². The second-order valence-electron chi connectivity index (χ2n) is 5.81. The highest BCUT2D eigenvalue weighted by Crippen LogP contribution is 2.28. The predicted octanol–water partition coefficient (Wildman–Crippen LogP) is 4.08. The van der Waals surface area contributed by atoms with Crippen LogP contribution in [-0.2, 0) is 16.2 Å². The molecule has 0 radical (unpaired) electrons. The Morgan fingerprint density at radius 2 is 1.93 bits per heavy atom. The number of benzene rings is 2. The minimum atomic E-state index is -1.45. The van der Waals surface area contributed by atoms with Crippen LogP contribution in [0.2, 0.25) is 10.0 Å². The minimum Gasteiger partial charge on any atom is -0.493 e. The fourth-order valence-electron chi connectivity index (χ4n) is 2.29. The molecule has 0 spiro atoms. The van der Waals surface area contributed by atoms with Gasteiger partial charge in [-0.25, -0.2) is 5.48 Å². The van der Waals surface area contributed by atoms with E-state index in [0.717, 1.165) is 12.0 Å². The van der Waals surface area contributed by atoms with Crippen LogP contribution in [0, 0.1) is 11.8 Å². The third-order valence-electron chi connectivity index (χ3n) is 3.75. The van der Waals surface area contributed by atoms with Crippen molar-refractivity contribution >= 4 is 29.1 Å². The molecule has 0 heterocycles. The van der Waals surface area contributed by atoms with Crippen molar-refractivity contribution in [1.29, 1.82) is 0 Å². The van der Waals surface area contributed by atoms with Crippen molar-refractivity contribution in [3.05, 3.63) is 57.6 Å². The second kappa shape index (κ2) is 11.5. The van der Waals surface area contributed by atoms with Gasteiger partial charge in [0.15, 0.2) is 17.6 Å². The Labute approximate surface area is 179 Å². The molecule has 0 saturated carbocycles. The summed E-state index contributed by atoms with van der Waals surface area (Å²) in [6, 6.07) is 9.66. The van der Waals surface area contributed by atoms with Crippen LogP contribution >= 0.6 is 23.2 Å². The number of carbonyl (C=O) groups excluding carboxylic acids is 1. The van der Waals surface area contributed by atoms with Gasteiger partial charge in [-0.3, -0.25) is 9.63 Å². The van der Waals surface area contributed by atoms with E-state index >= 15 is 0 Å². The van der Waals surface area contributed by atoms with Crippen LogP contribution in [0.3, 0.4) is 0 Å². The molecule has 2 aromatic rings. The summed E-state index contributed by atoms with van der Waals surface area (Å²) in [5, 5.41) is 10.7. The Morgan fingerprint density at radius 1 is 1.14 bits per heavy atom. The molecule has 1 amide bonds. The van der Waals surface area contributed by atoms with E-state index in [4.69, 9.17) is 37.5 Å². The van der Waals surface area contributed by atoms with Crippen LogP contribution in [0.1, 0.15) is 30.6 Å². The van der Waals surface area contributed by atoms with Gasteiger partial charge in [-0.15, -0.1) is 5.92 Å². The Bertz CT molecular complexity index is 908. The number of carbonyl (C=O) groups is 1. The number of rotatable bonds is 8. The van der Waals surface area contributed by atoms with Crippen LogP contribution in [0.25, 0.3) is 0 Å². The van der Waals surface area contributed by atoms with E-state index in [0.29, 0.717) is 22.1 Å². The van der Waals surface area contributed by atoms with Crippen LogP contribution in [0.4, 0.5) is 0 Å². The highest BCUT2D eigenvalue weighted by molar-refractivity contribution is 6.42. The van der Waals surface area contributed by atoms with E-state index in [9.17, 15) is 9.90 Å². The lowest BCUT2D eigenvalue weighted by atomic mass is 10.1. The van der Waals surface area contributed by atoms with E-state index in [2.05, 4.69) is 17.3 Å². The molecule has 0 bridgehead atoms. The number of ether oxygens (including phenoxy) is 2. The third kappa shape index (κ3) is 6.84. The summed E-state index contributed by atoms with van der Waals surface area (Å²) in [6.07, 6.45) is -0.679. The first-order valence-corrected chi connectivity index (χ1v) is 9.52. The topological polar surface area (TPSA) is 77.0 Å². The molecule has 0 aliphatic rings. The third-order valence-corrected chi connectivity index (χ3v) is 4.49. The summed E-state index contributed by atoms with van der Waals surface area (Å²) in [4.78, 5) is 17.3. The summed E-state index contributed by atoms with van der Waals surface area (Å²) < 4.78 is 10.9. The molecular weight excluding hydrogens is 417 g/mol. The quantitative estimate of drug-likeness (QED) is 0.480. The van der Waals surface area contributed by atoms with Crippen LogP contribution in [0.5, 0.6) is 11.5 Å². The molecule has 6 nitrogen and oxygen atoms in total. The molecule has 1 unspecified atom stereocenters. The molecule has 2 N–H and O–H groups in total. The second-order valence-corrected chi connectivity index (χ2v) is 6.63. The molecule has 1 atom stereocenters. The average molecular weight is 438 g/mol. The molecule has 29 heavy (non-hydrogen) atoms. The van der Waals surface area contributed by atoms with Crippen LogP contribution < -0.4 is 15.0 Å². The maximum absolute atomic E-state index is 12.1. The highest BCUT2D eigenvalue weighted by Gasteiger charge is 2.18. The van der Waals surface area contributed by atoms with Gasteiger partial charge in [0.1, 0.15) is 6.61 Å². The largest absolute Gasteiger partial charge is 0.493 e. The van der Waals surface area contributed by atoms with Crippen LogP contribution in [-0.4, -0.2) is 24.7 Å². The van der Waals surface area contributed by atoms with Crippen molar-refractivity contribution in [3.8, 4) is 23.3 Å². The zero-order chi connectivity index (χ0) is 21.2. The number of hydrogen-bond acceptors (Lipinski definition) is 5. The van der Waals surface area contributed by atoms with Gasteiger partial charge in [0.05, 0.1) is 23.8 Å². The smallest absolute Gasteiger partial charge is 0.276 e. The molecule has 0 aromatic heterocycles. The van der Waals surface area contributed by atoms with Crippen molar-refractivity contribution in [2.24, 2.45) is 0 Å². The molecule has 154 valence electrons. The molecule has 0 saturated heterocycles. The molecule has 8 heteroatoms. The normalized spacial score (nSPS) is 11.2. The summed E-state index contributed by atoms with van der Waals surface area (Å²) in [5.74, 6) is 6.15. The number of aliphatic hydroxyl groups excluding tert-OH is 1. The van der Waals surface area contributed by atoms with Crippen LogP contribution in [0.15, 0.2) is 36.4 Å². The fourth-order valence-corrected chi connectivity index (χ4v) is 2.60. The molecule has 0 fully saturated rings. The first kappa shape index (κ1) is 22.9. The Hall–Kier alpha value is -2.43. The van der Waals surface area contributed by atoms with E-state index in [-0.39, 0.29) is 18.2 Å². The number of amides is 1. The van der Waals surface area contributed by atoms with Crippen molar-refractivity contribution < 1.29 is 24.2 Å². The lowest BCUT2D eigenvalue weighted by Gasteiger charge is -2.13. The molecule has 2 aromatic carbocycles. The first-order valence-electron chi connectivity index (χ1n) is 8.76. The standard InChI is InChI=1S/C21H21Cl2NO5/c1-3-4-5-10-28-18-9-6-14(11-19(18)27-2)13-29-24-21(26)20(25)15-7-8-16(22)17(23)12-15/h6-9,11-12,20,25H,3,10,13H2,1-2H3,(H,24,26). The number of hydrogen-bond donors (Lipinski definition) is 2. The number of hydroxylamine groups is 1. The zero-order valence-corrected chi connectivity index (χ0v) is 17.5. The molecule has 2 rings (SSSR count). The van der Waals surface area contributed by atoms with Crippen molar-refractivity contribution in [1.82, 2.24) is 5.48 Å². The van der Waals surface area contributed by atoms with Gasteiger partial charge in [-0.05, 0) is 35.4 Å². The number of nitrogens with one attached hydrogen (secondary N) is 1. The Kier molecular flexibility index (Phi) is 9.10. The SMILES string of the molecule is CCC#CCOc1ccc(CONC(=O)C(O)c2ccc(Cl)c(Cl)c2)cc1OC. The summed E-state index contributed by atoms with van der Waals surface area (Å²) >= 11 is 11.7. The molecular formula is C21H21Cl2NO5. The number of methoxy groups -OCH3 is 1. The van der Waals surface area contributed by atoms with Gasteiger partial charge >= 0.3 is 0 Å². The highest BCUT2D eigenvalue weighted by atomic mass is 35.5. The van der Waals surface area contributed by atoms with Gasteiger partial charge in [0.2, 0.25) is 0 Å². The van der Waals surface area contributed by atoms with Gasteiger partial charge in [-0.1, -0.05) is 48.2 Å². The monoisotopic (exact) mass is 437 g/mol. The van der Waals surface area contributed by atoms with Gasteiger partial charge in [0.25, 0.3) is 5.91 Å². The fraction of sp³-hybridized carbons (Fsp3) is 0.286. The van der Waals surface area contributed by atoms with E-state index in [1.54, 1.807) is 18.2 Å². The minimum absolute atomic E-state index is 0.0616. The van der Waals surface area contributed by atoms with E-state index in [1.807, 2.05) is 6.92 Å². The summed E-state index contributed by atoms with van der Waals surface area (Å²) in [6.45, 7) is 2.29. The lowest BCUT2D eigenvalue weighted by molar-refractivity contribution is -0.143. The lowest BCUT2D eigenvalue weighted by Crippen LogP contribution is -2.29. The predicted molar refractivity (Wildman–Crippen MR) is 111 cm³/mol. The van der Waals surface area contributed by atoms with Gasteiger partial charge < -0.3 is 14.6 Å². The van der Waals surface area contributed by atoms with Gasteiger partial charge in [-0.2, -0.15) is 0 Å². The molecule has 0 aliphatic heterocycles. The van der Waals surface area contributed by atoms with E-state index < -0.39 is 12.0 Å². The van der Waals surface area contributed by atoms with Crippen molar-refractivity contribution in [3.63, 3.8) is 0 Å².